The molecule has 0 aromatic heterocycles. The van der Waals surface area contributed by atoms with E-state index in [0.717, 1.165) is 10.0 Å². The first kappa shape index (κ1) is 17.8. The van der Waals surface area contributed by atoms with Gasteiger partial charge in [-0.05, 0) is 48.4 Å². The normalized spacial score (nSPS) is 20.1. The van der Waals surface area contributed by atoms with Gasteiger partial charge in [-0.2, -0.15) is 0 Å². The highest BCUT2D eigenvalue weighted by molar-refractivity contribution is 9.10. The number of carbonyl (C=O) groups is 2. The number of aryl methyl sites for hydroxylation is 1. The van der Waals surface area contributed by atoms with Crippen LogP contribution < -0.4 is 4.90 Å². The summed E-state index contributed by atoms with van der Waals surface area (Å²) in [6, 6.07) is 13.0. The number of rotatable bonds is 5. The van der Waals surface area contributed by atoms with Crippen molar-refractivity contribution in [2.45, 2.75) is 24.9 Å². The summed E-state index contributed by atoms with van der Waals surface area (Å²) in [6.45, 7) is 0.226. The SMILES string of the molecule is O=C(CCc1cccc(Br)c1)[C@]1(O)CCN(c2ccc(F)cc2)C1=O. The lowest BCUT2D eigenvalue weighted by Gasteiger charge is -2.21. The molecule has 0 spiro atoms. The molecule has 1 saturated heterocycles. The summed E-state index contributed by atoms with van der Waals surface area (Å²) in [6.07, 6.45) is 0.570. The molecule has 0 radical (unpaired) electrons. The Hall–Kier alpha value is -2.05. The number of carbonyl (C=O) groups excluding carboxylic acids is 2. The van der Waals surface area contributed by atoms with Crippen LogP contribution in [0.1, 0.15) is 18.4 Å². The van der Waals surface area contributed by atoms with Gasteiger partial charge in [0.15, 0.2) is 5.78 Å². The molecule has 130 valence electrons. The molecule has 0 bridgehead atoms. The van der Waals surface area contributed by atoms with E-state index < -0.39 is 23.1 Å². The molecule has 3 rings (SSSR count). The molecule has 1 fully saturated rings. The molecule has 0 aliphatic carbocycles. The van der Waals surface area contributed by atoms with E-state index in [9.17, 15) is 19.1 Å². The van der Waals surface area contributed by atoms with Gasteiger partial charge >= 0.3 is 0 Å². The molecular weight excluding hydrogens is 389 g/mol. The average Bonchev–Trinajstić information content (AvgIpc) is 2.90. The summed E-state index contributed by atoms with van der Waals surface area (Å²) in [4.78, 5) is 26.4. The van der Waals surface area contributed by atoms with Gasteiger partial charge in [-0.25, -0.2) is 4.39 Å². The van der Waals surface area contributed by atoms with E-state index in [1.54, 1.807) is 0 Å². The van der Waals surface area contributed by atoms with Gasteiger partial charge in [0.2, 0.25) is 5.60 Å². The van der Waals surface area contributed by atoms with Crippen LogP contribution in [0, 0.1) is 5.82 Å². The van der Waals surface area contributed by atoms with E-state index in [4.69, 9.17) is 0 Å². The van der Waals surface area contributed by atoms with Crippen LogP contribution in [0.3, 0.4) is 0 Å². The van der Waals surface area contributed by atoms with Crippen molar-refractivity contribution < 1.29 is 19.1 Å². The Balaban J connectivity index is 1.69. The molecule has 1 N–H and O–H groups in total. The van der Waals surface area contributed by atoms with Gasteiger partial charge < -0.3 is 10.0 Å². The second-order valence-corrected chi connectivity index (χ2v) is 7.01. The highest BCUT2D eigenvalue weighted by Crippen LogP contribution is 2.30. The average molecular weight is 406 g/mol. The molecule has 0 saturated carbocycles. The van der Waals surface area contributed by atoms with Crippen LogP contribution in [0.15, 0.2) is 53.0 Å². The van der Waals surface area contributed by atoms with Crippen molar-refractivity contribution in [2.75, 3.05) is 11.4 Å². The lowest BCUT2D eigenvalue weighted by molar-refractivity contribution is -0.147. The number of hydrogen-bond acceptors (Lipinski definition) is 3. The third kappa shape index (κ3) is 3.65. The van der Waals surface area contributed by atoms with Crippen LogP contribution in [0.25, 0.3) is 0 Å². The van der Waals surface area contributed by atoms with Crippen LogP contribution in [-0.4, -0.2) is 28.9 Å². The van der Waals surface area contributed by atoms with Gasteiger partial charge in [0, 0.05) is 29.5 Å². The molecule has 2 aromatic carbocycles. The van der Waals surface area contributed by atoms with Gasteiger partial charge in [-0.3, -0.25) is 9.59 Å². The maximum atomic E-state index is 13.0. The maximum Gasteiger partial charge on any atom is 0.266 e. The van der Waals surface area contributed by atoms with Crippen molar-refractivity contribution in [3.05, 3.63) is 64.4 Å². The predicted molar refractivity (Wildman–Crippen MR) is 95.8 cm³/mol. The van der Waals surface area contributed by atoms with E-state index in [2.05, 4.69) is 15.9 Å². The molecular formula is C19H17BrFNO3. The highest BCUT2D eigenvalue weighted by atomic mass is 79.9. The Morgan fingerprint density at radius 3 is 2.64 bits per heavy atom. The zero-order valence-electron chi connectivity index (χ0n) is 13.4. The number of aliphatic hydroxyl groups is 1. The summed E-state index contributed by atoms with van der Waals surface area (Å²) >= 11 is 3.37. The minimum atomic E-state index is -2.00. The first-order valence-corrected chi connectivity index (χ1v) is 8.77. The highest BCUT2D eigenvalue weighted by Gasteiger charge is 2.50. The van der Waals surface area contributed by atoms with Crippen molar-refractivity contribution in [3.63, 3.8) is 0 Å². The fourth-order valence-electron chi connectivity index (χ4n) is 2.99. The van der Waals surface area contributed by atoms with Gasteiger partial charge in [-0.1, -0.05) is 28.1 Å². The topological polar surface area (TPSA) is 57.6 Å². The number of amides is 1. The molecule has 25 heavy (non-hydrogen) atoms. The van der Waals surface area contributed by atoms with Gasteiger partial charge in [0.05, 0.1) is 0 Å². The quantitative estimate of drug-likeness (QED) is 0.776. The van der Waals surface area contributed by atoms with E-state index in [1.165, 1.54) is 29.2 Å². The smallest absolute Gasteiger partial charge is 0.266 e. The van der Waals surface area contributed by atoms with Gasteiger partial charge in [0.1, 0.15) is 5.82 Å². The van der Waals surface area contributed by atoms with Crippen LogP contribution in [0.2, 0.25) is 0 Å². The Morgan fingerprint density at radius 2 is 1.96 bits per heavy atom. The molecule has 4 nitrogen and oxygen atoms in total. The van der Waals surface area contributed by atoms with Crippen molar-refractivity contribution in [3.8, 4) is 0 Å². The number of Topliss-reactive ketones (excluding diaryl/α,β-unsaturated/α-hetero) is 1. The first-order chi connectivity index (χ1) is 11.9. The zero-order valence-corrected chi connectivity index (χ0v) is 15.0. The predicted octanol–water partition coefficient (Wildman–Crippen LogP) is 3.26. The molecule has 6 heteroatoms. The Morgan fingerprint density at radius 1 is 1.24 bits per heavy atom. The second kappa shape index (κ2) is 7.06. The number of halogens is 2. The summed E-state index contributed by atoms with van der Waals surface area (Å²) in [5.41, 5.74) is -0.574. The zero-order chi connectivity index (χ0) is 18.0. The van der Waals surface area contributed by atoms with Crippen molar-refractivity contribution in [2.24, 2.45) is 0 Å². The standard InChI is InChI=1S/C19H17BrFNO3/c20-14-3-1-2-13(12-14)4-9-17(23)19(25)10-11-22(18(19)24)16-7-5-15(21)6-8-16/h1-3,5-8,12,25H,4,9-11H2/t19-/m1/s1. The molecule has 1 heterocycles. The molecule has 1 atom stereocenters. The lowest BCUT2D eigenvalue weighted by Crippen LogP contribution is -2.47. The van der Waals surface area contributed by atoms with Crippen molar-refractivity contribution in [1.29, 1.82) is 0 Å². The molecule has 1 amide bonds. The van der Waals surface area contributed by atoms with Crippen molar-refractivity contribution in [1.82, 2.24) is 0 Å². The number of hydrogen-bond donors (Lipinski definition) is 1. The van der Waals surface area contributed by atoms with E-state index >= 15 is 0 Å². The van der Waals surface area contributed by atoms with E-state index in [-0.39, 0.29) is 19.4 Å². The Bertz CT molecular complexity index is 809. The van der Waals surface area contributed by atoms with Crippen LogP contribution in [0.4, 0.5) is 10.1 Å². The fourth-order valence-corrected chi connectivity index (χ4v) is 3.44. The van der Waals surface area contributed by atoms with Crippen LogP contribution in [-0.2, 0) is 16.0 Å². The Labute approximate surface area is 153 Å². The van der Waals surface area contributed by atoms with Gasteiger partial charge in [-0.15, -0.1) is 0 Å². The van der Waals surface area contributed by atoms with E-state index in [0.29, 0.717) is 12.1 Å². The van der Waals surface area contributed by atoms with Crippen molar-refractivity contribution >= 4 is 33.3 Å². The minimum Gasteiger partial charge on any atom is -0.373 e. The lowest BCUT2D eigenvalue weighted by atomic mass is 9.92. The molecule has 1 aliphatic rings. The molecule has 0 unspecified atom stereocenters. The second-order valence-electron chi connectivity index (χ2n) is 6.10. The van der Waals surface area contributed by atoms with Crippen LogP contribution in [0.5, 0.6) is 0 Å². The Kier molecular flexibility index (Phi) is 5.01. The monoisotopic (exact) mass is 405 g/mol. The number of anilines is 1. The summed E-state index contributed by atoms with van der Waals surface area (Å²) < 4.78 is 13.9. The maximum absolute atomic E-state index is 13.0. The first-order valence-electron chi connectivity index (χ1n) is 7.98. The summed E-state index contributed by atoms with van der Waals surface area (Å²) in [5.74, 6) is -1.53. The number of nitrogens with zero attached hydrogens (tertiary/aromatic N) is 1. The largest absolute Gasteiger partial charge is 0.373 e. The molecule has 1 aliphatic heterocycles. The van der Waals surface area contributed by atoms with Gasteiger partial charge in [0.25, 0.3) is 5.91 Å². The summed E-state index contributed by atoms with van der Waals surface area (Å²) in [5, 5.41) is 10.6. The third-order valence-electron chi connectivity index (χ3n) is 4.43. The number of benzene rings is 2. The number of ketones is 1. The molecule has 2 aromatic rings. The summed E-state index contributed by atoms with van der Waals surface area (Å²) in [7, 11) is 0. The minimum absolute atomic E-state index is 0.0422. The van der Waals surface area contributed by atoms with E-state index in [1.807, 2.05) is 24.3 Å². The fraction of sp³-hybridized carbons (Fsp3) is 0.263. The third-order valence-corrected chi connectivity index (χ3v) is 4.92. The van der Waals surface area contributed by atoms with Crippen LogP contribution >= 0.6 is 15.9 Å².